The third-order valence-corrected chi connectivity index (χ3v) is 7.56. The molecular weight excluding hydrogens is 667 g/mol. The molecule has 6 rings (SSSR count). The van der Waals surface area contributed by atoms with E-state index in [9.17, 15) is 9.59 Å². The van der Waals surface area contributed by atoms with E-state index in [1.54, 1.807) is 12.4 Å². The Bertz CT molecular complexity index is 2010. The standard InChI is InChI=1S/C17H13ClN2O3.C10H7Cl2N.C7H7NO3/c1-22-16-6-12(9-21)15(8-19-16)23-10-14-13-5-3-2-4-11(13)7-20-17(14)18;11-5-9-8-4-2-1-3-7(8)6-13-10(9)12;1-11-7-2-5(4-9)6(10)3-8-7/h2-9H,10H2,1H3;1-4,6H,5H2;2-4,10H,1H3. The Morgan fingerprint density at radius 2 is 1.21 bits per heavy atom. The van der Waals surface area contributed by atoms with Crippen molar-refractivity contribution in [1.29, 1.82) is 0 Å². The number of nitrogens with zero attached hydrogens (tertiary/aromatic N) is 4. The molecule has 47 heavy (non-hydrogen) atoms. The second-order valence-corrected chi connectivity index (χ2v) is 10.4. The number of aromatic hydroxyl groups is 1. The van der Waals surface area contributed by atoms with Gasteiger partial charge in [-0.15, -0.1) is 11.6 Å². The summed E-state index contributed by atoms with van der Waals surface area (Å²) >= 11 is 17.9. The monoisotopic (exact) mass is 692 g/mol. The zero-order chi connectivity index (χ0) is 33.8. The summed E-state index contributed by atoms with van der Waals surface area (Å²) in [4.78, 5) is 37.4. The minimum Gasteiger partial charge on any atom is -0.506 e. The maximum Gasteiger partial charge on any atom is 0.213 e. The molecular formula is C34H27Cl3N4O6. The normalized spacial score (nSPS) is 10.2. The van der Waals surface area contributed by atoms with Gasteiger partial charge in [0.05, 0.1) is 43.6 Å². The van der Waals surface area contributed by atoms with Gasteiger partial charge in [-0.05, 0) is 10.8 Å². The Labute approximate surface area is 284 Å². The van der Waals surface area contributed by atoms with Gasteiger partial charge in [0.1, 0.15) is 28.4 Å². The van der Waals surface area contributed by atoms with Gasteiger partial charge in [0.2, 0.25) is 11.8 Å². The van der Waals surface area contributed by atoms with Gasteiger partial charge >= 0.3 is 0 Å². The average molecular weight is 694 g/mol. The molecule has 0 bridgehead atoms. The maximum atomic E-state index is 11.2. The number of hydrogen-bond donors (Lipinski definition) is 1. The first-order chi connectivity index (χ1) is 22.8. The van der Waals surface area contributed by atoms with Crippen LogP contribution in [0.2, 0.25) is 10.3 Å². The minimum atomic E-state index is -0.138. The van der Waals surface area contributed by atoms with E-state index in [1.807, 2.05) is 48.5 Å². The summed E-state index contributed by atoms with van der Waals surface area (Å²) in [6.45, 7) is 0.183. The van der Waals surface area contributed by atoms with E-state index in [2.05, 4.69) is 19.9 Å². The SMILES string of the molecule is COc1cc(C=O)c(O)cn1.COc1cc(C=O)c(OCc2c(Cl)ncc3ccccc23)cn1.ClCc1c(Cl)ncc2ccccc12. The number of pyridine rings is 4. The molecule has 6 aromatic rings. The van der Waals surface area contributed by atoms with E-state index in [0.29, 0.717) is 51.8 Å². The highest BCUT2D eigenvalue weighted by atomic mass is 35.5. The second-order valence-electron chi connectivity index (χ2n) is 9.44. The zero-order valence-corrected chi connectivity index (χ0v) is 27.3. The summed E-state index contributed by atoms with van der Waals surface area (Å²) < 4.78 is 15.5. The van der Waals surface area contributed by atoms with Crippen molar-refractivity contribution in [2.45, 2.75) is 12.5 Å². The van der Waals surface area contributed by atoms with E-state index in [-0.39, 0.29) is 17.9 Å². The summed E-state index contributed by atoms with van der Waals surface area (Å²) in [6.07, 6.45) is 7.33. The van der Waals surface area contributed by atoms with Gasteiger partial charge in [0.15, 0.2) is 12.6 Å². The van der Waals surface area contributed by atoms with Crippen LogP contribution >= 0.6 is 34.8 Å². The topological polar surface area (TPSA) is 134 Å². The molecule has 4 aromatic heterocycles. The number of rotatable bonds is 8. The van der Waals surface area contributed by atoms with Crippen LogP contribution in [0.15, 0.2) is 85.5 Å². The highest BCUT2D eigenvalue weighted by Crippen LogP contribution is 2.27. The minimum absolute atomic E-state index is 0.138. The van der Waals surface area contributed by atoms with Crippen LogP contribution in [0.4, 0.5) is 0 Å². The van der Waals surface area contributed by atoms with Crippen molar-refractivity contribution in [1.82, 2.24) is 19.9 Å². The first kappa shape index (κ1) is 34.8. The van der Waals surface area contributed by atoms with Crippen molar-refractivity contribution in [3.63, 3.8) is 0 Å². The number of aldehydes is 2. The number of carbonyl (C=O) groups excluding carboxylic acids is 2. The fourth-order valence-electron chi connectivity index (χ4n) is 4.23. The van der Waals surface area contributed by atoms with Gasteiger partial charge in [0, 0.05) is 46.4 Å². The van der Waals surface area contributed by atoms with Gasteiger partial charge in [0.25, 0.3) is 0 Å². The molecule has 0 saturated carbocycles. The Morgan fingerprint density at radius 1 is 0.702 bits per heavy atom. The van der Waals surface area contributed by atoms with Gasteiger partial charge in [-0.25, -0.2) is 19.9 Å². The molecule has 4 heterocycles. The number of ether oxygens (including phenoxy) is 3. The third kappa shape index (κ3) is 8.82. The van der Waals surface area contributed by atoms with Crippen molar-refractivity contribution in [2.75, 3.05) is 14.2 Å². The van der Waals surface area contributed by atoms with Gasteiger partial charge < -0.3 is 19.3 Å². The van der Waals surface area contributed by atoms with Crippen LogP contribution in [-0.4, -0.2) is 51.8 Å². The van der Waals surface area contributed by atoms with Crippen molar-refractivity contribution in [3.8, 4) is 23.3 Å². The zero-order valence-electron chi connectivity index (χ0n) is 25.1. The quantitative estimate of drug-likeness (QED) is 0.0952. The molecule has 0 radical (unpaired) electrons. The summed E-state index contributed by atoms with van der Waals surface area (Å²) in [5.74, 6) is 1.28. The average Bonchev–Trinajstić information content (AvgIpc) is 3.12. The van der Waals surface area contributed by atoms with Crippen LogP contribution in [0, 0.1) is 0 Å². The molecule has 1 N–H and O–H groups in total. The van der Waals surface area contributed by atoms with Crippen LogP contribution in [0.3, 0.4) is 0 Å². The number of carbonyl (C=O) groups is 2. The van der Waals surface area contributed by atoms with Crippen LogP contribution in [0.5, 0.6) is 23.3 Å². The molecule has 0 aliphatic carbocycles. The molecule has 0 amide bonds. The van der Waals surface area contributed by atoms with Crippen LogP contribution in [0.1, 0.15) is 31.8 Å². The maximum absolute atomic E-state index is 11.2. The molecule has 0 spiro atoms. The summed E-state index contributed by atoms with van der Waals surface area (Å²) in [6, 6.07) is 18.6. The van der Waals surface area contributed by atoms with Crippen molar-refractivity contribution in [3.05, 3.63) is 118 Å². The Balaban J connectivity index is 0.000000176. The van der Waals surface area contributed by atoms with Gasteiger partial charge in [-0.3, -0.25) is 9.59 Å². The Hall–Kier alpha value is -5.03. The van der Waals surface area contributed by atoms with E-state index < -0.39 is 0 Å². The van der Waals surface area contributed by atoms with Crippen LogP contribution in [0.25, 0.3) is 21.5 Å². The number of aromatic nitrogens is 4. The number of hydrogen-bond acceptors (Lipinski definition) is 10. The summed E-state index contributed by atoms with van der Waals surface area (Å²) in [5.41, 5.74) is 2.21. The molecule has 13 heteroatoms. The number of alkyl halides is 1. The Morgan fingerprint density at radius 3 is 1.77 bits per heavy atom. The summed E-state index contributed by atoms with van der Waals surface area (Å²) in [7, 11) is 2.92. The molecule has 0 saturated heterocycles. The first-order valence-electron chi connectivity index (χ1n) is 13.7. The van der Waals surface area contributed by atoms with Gasteiger partial charge in [-0.2, -0.15) is 0 Å². The van der Waals surface area contributed by atoms with Crippen molar-refractivity contribution in [2.24, 2.45) is 0 Å². The second kappa shape index (κ2) is 17.0. The lowest BCUT2D eigenvalue weighted by molar-refractivity contribution is 0.111. The Kier molecular flexibility index (Phi) is 12.6. The predicted molar refractivity (Wildman–Crippen MR) is 181 cm³/mol. The fraction of sp³-hybridized carbons (Fsp3) is 0.118. The predicted octanol–water partition coefficient (Wildman–Crippen LogP) is 7.92. The third-order valence-electron chi connectivity index (χ3n) is 6.64. The summed E-state index contributed by atoms with van der Waals surface area (Å²) in [5, 5.41) is 13.9. The lowest BCUT2D eigenvalue weighted by Crippen LogP contribution is -2.02. The molecule has 0 aliphatic rings. The molecule has 0 fully saturated rings. The molecule has 10 nitrogen and oxygen atoms in total. The first-order valence-corrected chi connectivity index (χ1v) is 15.0. The van der Waals surface area contributed by atoms with Crippen molar-refractivity contribution < 1.29 is 28.9 Å². The molecule has 0 unspecified atom stereocenters. The number of fused-ring (bicyclic) bond motifs is 2. The van der Waals surface area contributed by atoms with E-state index >= 15 is 0 Å². The highest BCUT2D eigenvalue weighted by Gasteiger charge is 2.11. The van der Waals surface area contributed by atoms with E-state index in [1.165, 1.54) is 38.7 Å². The number of methoxy groups -OCH3 is 2. The van der Waals surface area contributed by atoms with Crippen LogP contribution in [-0.2, 0) is 12.5 Å². The van der Waals surface area contributed by atoms with Gasteiger partial charge in [-0.1, -0.05) is 71.7 Å². The lowest BCUT2D eigenvalue weighted by atomic mass is 10.1. The highest BCUT2D eigenvalue weighted by molar-refractivity contribution is 6.32. The molecule has 2 aromatic carbocycles. The van der Waals surface area contributed by atoms with Crippen LogP contribution < -0.4 is 14.2 Å². The number of halogens is 3. The molecule has 0 atom stereocenters. The number of benzene rings is 2. The van der Waals surface area contributed by atoms with Crippen molar-refractivity contribution >= 4 is 68.9 Å². The smallest absolute Gasteiger partial charge is 0.213 e. The lowest BCUT2D eigenvalue weighted by Gasteiger charge is -2.12. The molecule has 240 valence electrons. The van der Waals surface area contributed by atoms with E-state index in [0.717, 1.165) is 32.7 Å². The largest absolute Gasteiger partial charge is 0.506 e. The van der Waals surface area contributed by atoms with E-state index in [4.69, 9.17) is 54.1 Å². The fourth-order valence-corrected chi connectivity index (χ4v) is 4.99. The molecule has 0 aliphatic heterocycles.